The van der Waals surface area contributed by atoms with Crippen LogP contribution in [0, 0.1) is 0 Å². The summed E-state index contributed by atoms with van der Waals surface area (Å²) in [5.41, 5.74) is 0. The first-order valence-electron chi connectivity index (χ1n) is 5.00. The van der Waals surface area contributed by atoms with Gasteiger partial charge in [-0.25, -0.2) is 0 Å². The van der Waals surface area contributed by atoms with Crippen LogP contribution >= 0.6 is 18.7 Å². The monoisotopic (exact) mass is 232 g/mol. The molecule has 0 aromatic carbocycles. The standard InChI is InChI=1S/C10H17O2PS/c1-3-5-8-13(11,12-4-2)10-7-6-9-14-10/h6-7,9H,3-5,8H2,1-2H3. The molecular formula is C10H17O2PS. The summed E-state index contributed by atoms with van der Waals surface area (Å²) in [7, 11) is -2.52. The van der Waals surface area contributed by atoms with Crippen molar-refractivity contribution in [2.24, 2.45) is 0 Å². The predicted molar refractivity (Wildman–Crippen MR) is 63.0 cm³/mol. The van der Waals surface area contributed by atoms with E-state index < -0.39 is 7.37 Å². The summed E-state index contributed by atoms with van der Waals surface area (Å²) in [5.74, 6) is 0. The van der Waals surface area contributed by atoms with Gasteiger partial charge in [0.05, 0.1) is 11.2 Å². The van der Waals surface area contributed by atoms with Gasteiger partial charge in [0.1, 0.15) is 0 Å². The van der Waals surface area contributed by atoms with Crippen molar-refractivity contribution in [2.75, 3.05) is 12.8 Å². The lowest BCUT2D eigenvalue weighted by molar-refractivity contribution is 0.340. The molecule has 0 aliphatic carbocycles. The highest BCUT2D eigenvalue weighted by atomic mass is 32.1. The molecule has 1 heterocycles. The fraction of sp³-hybridized carbons (Fsp3) is 0.600. The zero-order chi connectivity index (χ0) is 10.4. The molecule has 0 aliphatic rings. The summed E-state index contributed by atoms with van der Waals surface area (Å²) in [5, 5.41) is 1.95. The van der Waals surface area contributed by atoms with E-state index in [1.165, 1.54) is 11.3 Å². The topological polar surface area (TPSA) is 26.3 Å². The summed E-state index contributed by atoms with van der Waals surface area (Å²) < 4.78 is 18.8. The lowest BCUT2D eigenvalue weighted by Crippen LogP contribution is -2.06. The summed E-state index contributed by atoms with van der Waals surface area (Å²) in [6, 6.07) is 3.84. The summed E-state index contributed by atoms with van der Waals surface area (Å²) in [6.07, 6.45) is 2.70. The van der Waals surface area contributed by atoms with Crippen molar-refractivity contribution in [3.8, 4) is 0 Å². The molecule has 0 radical (unpaired) electrons. The Morgan fingerprint density at radius 1 is 1.50 bits per heavy atom. The van der Waals surface area contributed by atoms with Crippen LogP contribution in [0.5, 0.6) is 0 Å². The molecule has 0 N–H and O–H groups in total. The van der Waals surface area contributed by atoms with Gasteiger partial charge in [0, 0.05) is 6.16 Å². The molecule has 0 aliphatic heterocycles. The fourth-order valence-corrected chi connectivity index (χ4v) is 4.93. The predicted octanol–water partition coefficient (Wildman–Crippen LogP) is 3.49. The second kappa shape index (κ2) is 5.69. The first-order chi connectivity index (χ1) is 6.73. The minimum atomic E-state index is -2.52. The van der Waals surface area contributed by atoms with E-state index >= 15 is 0 Å². The third kappa shape index (κ3) is 2.94. The van der Waals surface area contributed by atoms with Gasteiger partial charge >= 0.3 is 0 Å². The minimum absolute atomic E-state index is 0.527. The quantitative estimate of drug-likeness (QED) is 0.702. The molecule has 1 aromatic rings. The van der Waals surface area contributed by atoms with E-state index in [0.29, 0.717) is 12.8 Å². The Kier molecular flexibility index (Phi) is 4.86. The lowest BCUT2D eigenvalue weighted by atomic mass is 10.4. The maximum absolute atomic E-state index is 12.4. The molecule has 0 saturated carbocycles. The lowest BCUT2D eigenvalue weighted by Gasteiger charge is -2.15. The largest absolute Gasteiger partial charge is 0.325 e. The summed E-state index contributed by atoms with van der Waals surface area (Å²) >= 11 is 1.53. The smallest absolute Gasteiger partial charge is 0.241 e. The molecule has 0 amide bonds. The zero-order valence-corrected chi connectivity index (χ0v) is 10.4. The molecular weight excluding hydrogens is 215 g/mol. The fourth-order valence-electron chi connectivity index (χ4n) is 1.28. The van der Waals surface area contributed by atoms with E-state index in [1.54, 1.807) is 0 Å². The van der Waals surface area contributed by atoms with Crippen LogP contribution in [0.25, 0.3) is 0 Å². The summed E-state index contributed by atoms with van der Waals surface area (Å²) in [4.78, 5) is 0. The number of thiophene rings is 1. The Morgan fingerprint density at radius 3 is 2.79 bits per heavy atom. The van der Waals surface area contributed by atoms with Crippen molar-refractivity contribution < 1.29 is 9.09 Å². The van der Waals surface area contributed by atoms with Crippen molar-refractivity contribution >= 4 is 23.3 Å². The molecule has 0 spiro atoms. The Balaban J connectivity index is 2.76. The molecule has 2 nitrogen and oxygen atoms in total. The van der Waals surface area contributed by atoms with Gasteiger partial charge in [0.25, 0.3) is 0 Å². The van der Waals surface area contributed by atoms with Crippen LogP contribution in [0.3, 0.4) is 0 Å². The van der Waals surface area contributed by atoms with Crippen molar-refractivity contribution in [1.29, 1.82) is 0 Å². The number of unbranched alkanes of at least 4 members (excludes halogenated alkanes) is 1. The highest BCUT2D eigenvalue weighted by molar-refractivity contribution is 7.72. The van der Waals surface area contributed by atoms with Crippen molar-refractivity contribution in [1.82, 2.24) is 0 Å². The van der Waals surface area contributed by atoms with Gasteiger partial charge in [-0.05, 0) is 24.8 Å². The molecule has 0 saturated heterocycles. The Labute approximate surface area is 89.8 Å². The Morgan fingerprint density at radius 2 is 2.29 bits per heavy atom. The second-order valence-electron chi connectivity index (χ2n) is 3.12. The molecule has 1 atom stereocenters. The molecule has 0 fully saturated rings. The number of hydrogen-bond donors (Lipinski definition) is 0. The van der Waals surface area contributed by atoms with Crippen LogP contribution in [0.4, 0.5) is 0 Å². The minimum Gasteiger partial charge on any atom is -0.325 e. The molecule has 1 unspecified atom stereocenters. The van der Waals surface area contributed by atoms with Gasteiger partial charge < -0.3 is 4.52 Å². The highest BCUT2D eigenvalue weighted by Crippen LogP contribution is 2.47. The van der Waals surface area contributed by atoms with E-state index in [0.717, 1.165) is 17.5 Å². The Hall–Kier alpha value is -0.110. The van der Waals surface area contributed by atoms with E-state index in [4.69, 9.17) is 4.52 Å². The molecule has 14 heavy (non-hydrogen) atoms. The van der Waals surface area contributed by atoms with Gasteiger partial charge in [0.2, 0.25) is 7.37 Å². The van der Waals surface area contributed by atoms with Gasteiger partial charge in [-0.3, -0.25) is 4.57 Å². The summed E-state index contributed by atoms with van der Waals surface area (Å²) in [6.45, 7) is 4.52. The van der Waals surface area contributed by atoms with Crippen LogP contribution in [0.2, 0.25) is 0 Å². The molecule has 1 rings (SSSR count). The molecule has 1 aromatic heterocycles. The van der Waals surface area contributed by atoms with Crippen LogP contribution < -0.4 is 4.62 Å². The van der Waals surface area contributed by atoms with Crippen LogP contribution in [0.1, 0.15) is 26.7 Å². The molecule has 4 heteroatoms. The second-order valence-corrected chi connectivity index (χ2v) is 6.90. The third-order valence-corrected chi connectivity index (χ3v) is 6.21. The first kappa shape index (κ1) is 12.0. The third-order valence-electron chi connectivity index (χ3n) is 1.99. The highest BCUT2D eigenvalue weighted by Gasteiger charge is 2.25. The normalized spacial score (nSPS) is 15.3. The van der Waals surface area contributed by atoms with E-state index in [2.05, 4.69) is 6.92 Å². The van der Waals surface area contributed by atoms with Gasteiger partial charge in [-0.15, -0.1) is 11.3 Å². The number of hydrogen-bond acceptors (Lipinski definition) is 3. The first-order valence-corrected chi connectivity index (χ1v) is 7.69. The SMILES string of the molecule is CCCCP(=O)(OCC)c1cccs1. The molecule has 80 valence electrons. The van der Waals surface area contributed by atoms with Gasteiger partial charge in [-0.2, -0.15) is 0 Å². The van der Waals surface area contributed by atoms with Crippen molar-refractivity contribution in [2.45, 2.75) is 26.7 Å². The molecule has 0 bridgehead atoms. The maximum Gasteiger partial charge on any atom is 0.241 e. The van der Waals surface area contributed by atoms with E-state index in [1.807, 2.05) is 24.4 Å². The Bertz CT molecular complexity index is 295. The van der Waals surface area contributed by atoms with Crippen LogP contribution in [-0.2, 0) is 9.09 Å². The van der Waals surface area contributed by atoms with Gasteiger partial charge in [0.15, 0.2) is 0 Å². The van der Waals surface area contributed by atoms with Crippen LogP contribution in [0.15, 0.2) is 17.5 Å². The average Bonchev–Trinajstić information content (AvgIpc) is 2.68. The maximum atomic E-state index is 12.4. The zero-order valence-electron chi connectivity index (χ0n) is 8.73. The van der Waals surface area contributed by atoms with Crippen molar-refractivity contribution in [3.63, 3.8) is 0 Å². The van der Waals surface area contributed by atoms with E-state index in [9.17, 15) is 4.57 Å². The van der Waals surface area contributed by atoms with Crippen molar-refractivity contribution in [3.05, 3.63) is 17.5 Å². The van der Waals surface area contributed by atoms with Crippen LogP contribution in [-0.4, -0.2) is 12.8 Å². The van der Waals surface area contributed by atoms with Gasteiger partial charge in [-0.1, -0.05) is 19.4 Å². The average molecular weight is 232 g/mol. The number of rotatable bonds is 6. The van der Waals surface area contributed by atoms with E-state index in [-0.39, 0.29) is 0 Å².